The summed E-state index contributed by atoms with van der Waals surface area (Å²) in [6.07, 6.45) is 0. The van der Waals surface area contributed by atoms with Crippen LogP contribution in [-0.2, 0) is 14.4 Å². The molecule has 0 radical (unpaired) electrons. The van der Waals surface area contributed by atoms with Crippen molar-refractivity contribution >= 4 is 35.0 Å². The molecule has 8 heteroatoms. The highest BCUT2D eigenvalue weighted by Crippen LogP contribution is 2.12. The first kappa shape index (κ1) is 19.9. The topological polar surface area (TPSA) is 74.2 Å². The molecule has 3 amide bonds. The fraction of sp³-hybridized carbons (Fsp3) is 0.438. The van der Waals surface area contributed by atoms with Gasteiger partial charge in [-0.1, -0.05) is 11.6 Å². The Kier molecular flexibility index (Phi) is 7.67. The van der Waals surface area contributed by atoms with Crippen molar-refractivity contribution in [3.05, 3.63) is 29.3 Å². The van der Waals surface area contributed by atoms with Crippen molar-refractivity contribution in [2.75, 3.05) is 53.1 Å². The molecule has 1 unspecified atom stereocenters. The van der Waals surface area contributed by atoms with E-state index in [1.165, 1.54) is 9.80 Å². The molecule has 132 valence electrons. The van der Waals surface area contributed by atoms with E-state index in [0.29, 0.717) is 10.7 Å². The molecule has 0 bridgehead atoms. The summed E-state index contributed by atoms with van der Waals surface area (Å²) in [5, 5.41) is 3.34. The van der Waals surface area contributed by atoms with E-state index in [1.807, 2.05) is 0 Å². The number of hydrogen-bond donors (Lipinski definition) is 2. The van der Waals surface area contributed by atoms with Crippen LogP contribution in [0, 0.1) is 0 Å². The fourth-order valence-electron chi connectivity index (χ4n) is 1.90. The second kappa shape index (κ2) is 9.24. The summed E-state index contributed by atoms with van der Waals surface area (Å²) in [7, 11) is 6.60. The summed E-state index contributed by atoms with van der Waals surface area (Å²) in [6, 6.07) is 6.80. The third-order valence-electron chi connectivity index (χ3n) is 3.34. The van der Waals surface area contributed by atoms with Crippen LogP contribution in [0.1, 0.15) is 0 Å². The first-order valence-electron chi connectivity index (χ1n) is 7.50. The lowest BCUT2D eigenvalue weighted by Crippen LogP contribution is -3.11. The minimum atomic E-state index is -0.199. The Hall–Kier alpha value is -2.12. The summed E-state index contributed by atoms with van der Waals surface area (Å²) in [5.74, 6) is -0.541. The van der Waals surface area contributed by atoms with Gasteiger partial charge in [-0.3, -0.25) is 14.4 Å². The standard InChI is InChI=1S/C16H23ClN4O3/c1-19(2)15(23)11-21(4)16(24)10-20(3)9-14(22)18-13-7-5-12(17)6-8-13/h5-8H,9-11H2,1-4H3,(H,18,22)/p+1. The van der Waals surface area contributed by atoms with Crippen LogP contribution in [0.4, 0.5) is 5.69 Å². The van der Waals surface area contributed by atoms with Gasteiger partial charge in [0.15, 0.2) is 13.1 Å². The van der Waals surface area contributed by atoms with Crippen LogP contribution >= 0.6 is 11.6 Å². The minimum absolute atomic E-state index is 0.0239. The maximum atomic E-state index is 12.1. The number of nitrogens with zero attached hydrogens (tertiary/aromatic N) is 2. The molecule has 0 spiro atoms. The van der Waals surface area contributed by atoms with Gasteiger partial charge < -0.3 is 20.0 Å². The molecular formula is C16H24ClN4O3+. The van der Waals surface area contributed by atoms with Crippen LogP contribution in [0.3, 0.4) is 0 Å². The quantitative estimate of drug-likeness (QED) is 0.682. The highest BCUT2D eigenvalue weighted by molar-refractivity contribution is 6.30. The SMILES string of the molecule is CN(C)C(=O)CN(C)C(=O)C[NH+](C)CC(=O)Nc1ccc(Cl)cc1. The normalized spacial score (nSPS) is 11.5. The van der Waals surface area contributed by atoms with Gasteiger partial charge in [0.05, 0.1) is 13.6 Å². The van der Waals surface area contributed by atoms with Gasteiger partial charge in [-0.2, -0.15) is 0 Å². The zero-order chi connectivity index (χ0) is 18.3. The predicted octanol–water partition coefficient (Wildman–Crippen LogP) is -0.660. The van der Waals surface area contributed by atoms with Gasteiger partial charge >= 0.3 is 0 Å². The average Bonchev–Trinajstić information content (AvgIpc) is 2.48. The lowest BCUT2D eigenvalue weighted by molar-refractivity contribution is -0.862. The Morgan fingerprint density at radius 1 is 1.04 bits per heavy atom. The number of benzene rings is 1. The van der Waals surface area contributed by atoms with Crippen LogP contribution in [0.15, 0.2) is 24.3 Å². The molecule has 0 saturated heterocycles. The van der Waals surface area contributed by atoms with Crippen LogP contribution < -0.4 is 10.2 Å². The Balaban J connectivity index is 2.42. The minimum Gasteiger partial charge on any atom is -0.347 e. The number of halogens is 1. The number of nitrogens with one attached hydrogen (secondary N) is 2. The van der Waals surface area contributed by atoms with Crippen LogP contribution in [-0.4, -0.2) is 75.3 Å². The van der Waals surface area contributed by atoms with Gasteiger partial charge in [-0.15, -0.1) is 0 Å². The van der Waals surface area contributed by atoms with E-state index in [2.05, 4.69) is 5.32 Å². The highest BCUT2D eigenvalue weighted by atomic mass is 35.5. The zero-order valence-electron chi connectivity index (χ0n) is 14.4. The molecule has 0 saturated carbocycles. The van der Waals surface area contributed by atoms with Crippen molar-refractivity contribution in [3.63, 3.8) is 0 Å². The average molecular weight is 356 g/mol. The molecule has 0 aliphatic heterocycles. The number of carbonyl (C=O) groups excluding carboxylic acids is 3. The summed E-state index contributed by atoms with van der Waals surface area (Å²) >= 11 is 5.79. The maximum absolute atomic E-state index is 12.1. The second-order valence-electron chi connectivity index (χ2n) is 5.90. The second-order valence-corrected chi connectivity index (χ2v) is 6.34. The molecule has 2 N–H and O–H groups in total. The number of amides is 3. The van der Waals surface area contributed by atoms with Crippen molar-refractivity contribution in [2.24, 2.45) is 0 Å². The van der Waals surface area contributed by atoms with E-state index < -0.39 is 0 Å². The van der Waals surface area contributed by atoms with E-state index in [9.17, 15) is 14.4 Å². The van der Waals surface area contributed by atoms with E-state index >= 15 is 0 Å². The Morgan fingerprint density at radius 3 is 2.17 bits per heavy atom. The van der Waals surface area contributed by atoms with Gasteiger partial charge in [-0.25, -0.2) is 0 Å². The number of quaternary nitrogens is 1. The summed E-state index contributed by atoms with van der Waals surface area (Å²) in [4.78, 5) is 39.2. The number of anilines is 1. The molecule has 0 aliphatic carbocycles. The van der Waals surface area contributed by atoms with Gasteiger partial charge in [0.1, 0.15) is 0 Å². The lowest BCUT2D eigenvalue weighted by Gasteiger charge is -2.21. The third kappa shape index (κ3) is 6.97. The maximum Gasteiger partial charge on any atom is 0.279 e. The van der Waals surface area contributed by atoms with Crippen LogP contribution in [0.2, 0.25) is 5.02 Å². The molecule has 1 aromatic rings. The molecule has 1 rings (SSSR count). The summed E-state index contributed by atoms with van der Waals surface area (Å²) in [5.41, 5.74) is 0.650. The lowest BCUT2D eigenvalue weighted by atomic mass is 10.3. The smallest absolute Gasteiger partial charge is 0.279 e. The molecule has 0 fully saturated rings. The third-order valence-corrected chi connectivity index (χ3v) is 3.59. The van der Waals surface area contributed by atoms with Crippen molar-refractivity contribution in [1.29, 1.82) is 0 Å². The number of carbonyl (C=O) groups is 3. The van der Waals surface area contributed by atoms with Gasteiger partial charge in [0, 0.05) is 31.9 Å². The van der Waals surface area contributed by atoms with Gasteiger partial charge in [0.25, 0.3) is 11.8 Å². The Labute approximate surface area is 147 Å². The summed E-state index contributed by atoms with van der Waals surface area (Å²) in [6.45, 7) is 0.297. The van der Waals surface area contributed by atoms with Crippen molar-refractivity contribution in [1.82, 2.24) is 9.80 Å². The monoisotopic (exact) mass is 355 g/mol. The van der Waals surface area contributed by atoms with E-state index in [4.69, 9.17) is 11.6 Å². The highest BCUT2D eigenvalue weighted by Gasteiger charge is 2.19. The number of hydrogen-bond acceptors (Lipinski definition) is 3. The van der Waals surface area contributed by atoms with Crippen LogP contribution in [0.5, 0.6) is 0 Å². The largest absolute Gasteiger partial charge is 0.347 e. The van der Waals surface area contributed by atoms with Crippen LogP contribution in [0.25, 0.3) is 0 Å². The zero-order valence-corrected chi connectivity index (χ0v) is 15.2. The Morgan fingerprint density at radius 2 is 1.62 bits per heavy atom. The molecule has 1 aromatic carbocycles. The first-order valence-corrected chi connectivity index (χ1v) is 7.87. The molecule has 0 aromatic heterocycles. The first-order chi connectivity index (χ1) is 11.2. The fourth-order valence-corrected chi connectivity index (χ4v) is 2.03. The predicted molar refractivity (Wildman–Crippen MR) is 93.0 cm³/mol. The molecule has 7 nitrogen and oxygen atoms in total. The number of likely N-dealkylation sites (N-methyl/N-ethyl adjacent to an activating group) is 3. The molecule has 0 aliphatic rings. The molecule has 0 heterocycles. The Bertz CT molecular complexity index is 589. The van der Waals surface area contributed by atoms with E-state index in [0.717, 1.165) is 4.90 Å². The number of rotatable bonds is 7. The van der Waals surface area contributed by atoms with Gasteiger partial charge in [0.2, 0.25) is 5.91 Å². The molecule has 24 heavy (non-hydrogen) atoms. The van der Waals surface area contributed by atoms with Gasteiger partial charge in [-0.05, 0) is 24.3 Å². The van der Waals surface area contributed by atoms with E-state index in [1.54, 1.807) is 52.5 Å². The summed E-state index contributed by atoms with van der Waals surface area (Å²) < 4.78 is 0. The van der Waals surface area contributed by atoms with E-state index in [-0.39, 0.29) is 37.4 Å². The molecular weight excluding hydrogens is 332 g/mol. The molecule has 1 atom stereocenters. The van der Waals surface area contributed by atoms with Crippen molar-refractivity contribution < 1.29 is 19.3 Å². The van der Waals surface area contributed by atoms with Crippen molar-refractivity contribution in [2.45, 2.75) is 0 Å². The van der Waals surface area contributed by atoms with Crippen molar-refractivity contribution in [3.8, 4) is 0 Å².